The van der Waals surface area contributed by atoms with Crippen molar-refractivity contribution in [2.24, 2.45) is 0 Å². The monoisotopic (exact) mass is 461 g/mol. The number of carbonyl (C=O) groups is 3. The van der Waals surface area contributed by atoms with E-state index in [1.54, 1.807) is 6.07 Å². The zero-order chi connectivity index (χ0) is 22.5. The molecule has 158 valence electrons. The third kappa shape index (κ3) is 5.78. The molecule has 0 radical (unpaired) electrons. The van der Waals surface area contributed by atoms with Gasteiger partial charge in [0, 0.05) is 24.2 Å². The van der Waals surface area contributed by atoms with Crippen LogP contribution in [0.1, 0.15) is 27.6 Å². The fraction of sp³-hybridized carbons (Fsp3) is 0.0476. The Morgan fingerprint density at radius 3 is 2.29 bits per heavy atom. The highest BCUT2D eigenvalue weighted by molar-refractivity contribution is 6.31. The van der Waals surface area contributed by atoms with E-state index in [1.807, 2.05) is 0 Å². The van der Waals surface area contributed by atoms with Gasteiger partial charge in [-0.2, -0.15) is 0 Å². The van der Waals surface area contributed by atoms with Gasteiger partial charge >= 0.3 is 5.97 Å². The number of carbonyl (C=O) groups excluding carboxylic acids is 3. The summed E-state index contributed by atoms with van der Waals surface area (Å²) in [4.78, 5) is 40.8. The number of benzene rings is 2. The van der Waals surface area contributed by atoms with Gasteiger partial charge in [-0.05, 0) is 42.5 Å². The molecule has 0 fully saturated rings. The lowest BCUT2D eigenvalue weighted by Gasteiger charge is -2.13. The van der Waals surface area contributed by atoms with Gasteiger partial charge in [0.05, 0.1) is 21.8 Å². The second-order valence-corrected chi connectivity index (χ2v) is 7.07. The molecule has 0 aliphatic rings. The average molecular weight is 462 g/mol. The second kappa shape index (κ2) is 9.55. The predicted octanol–water partition coefficient (Wildman–Crippen LogP) is 4.96. The third-order valence-corrected chi connectivity index (χ3v) is 4.34. The SMILES string of the molecule is CC(=O)Oc1cc(F)ccc1C(=O)Nc1ccc(Cl)cc1C(=O)Nc1ccc(Cl)cn1. The molecule has 0 aliphatic heterocycles. The molecule has 7 nitrogen and oxygen atoms in total. The van der Waals surface area contributed by atoms with Crippen LogP contribution in [0.25, 0.3) is 0 Å². The first-order chi connectivity index (χ1) is 14.7. The normalized spacial score (nSPS) is 10.3. The van der Waals surface area contributed by atoms with Crippen LogP contribution >= 0.6 is 23.2 Å². The van der Waals surface area contributed by atoms with Gasteiger partial charge < -0.3 is 15.4 Å². The van der Waals surface area contributed by atoms with Crippen LogP contribution in [-0.4, -0.2) is 22.8 Å². The van der Waals surface area contributed by atoms with Crippen LogP contribution in [0.4, 0.5) is 15.9 Å². The smallest absolute Gasteiger partial charge is 0.308 e. The molecule has 2 aromatic carbocycles. The van der Waals surface area contributed by atoms with Gasteiger partial charge in [-0.25, -0.2) is 9.37 Å². The van der Waals surface area contributed by atoms with E-state index in [-0.39, 0.29) is 33.4 Å². The second-order valence-electron chi connectivity index (χ2n) is 6.19. The van der Waals surface area contributed by atoms with Gasteiger partial charge in [-0.3, -0.25) is 14.4 Å². The van der Waals surface area contributed by atoms with E-state index in [9.17, 15) is 18.8 Å². The largest absolute Gasteiger partial charge is 0.426 e. The van der Waals surface area contributed by atoms with Gasteiger partial charge in [-0.15, -0.1) is 0 Å². The summed E-state index contributed by atoms with van der Waals surface area (Å²) in [5, 5.41) is 5.78. The summed E-state index contributed by atoms with van der Waals surface area (Å²) in [6.07, 6.45) is 1.36. The number of nitrogens with one attached hydrogen (secondary N) is 2. The third-order valence-electron chi connectivity index (χ3n) is 3.89. The molecule has 31 heavy (non-hydrogen) atoms. The Kier molecular flexibility index (Phi) is 6.84. The molecule has 2 amide bonds. The summed E-state index contributed by atoms with van der Waals surface area (Å²) < 4.78 is 18.4. The number of halogens is 3. The van der Waals surface area contributed by atoms with Crippen molar-refractivity contribution in [3.63, 3.8) is 0 Å². The van der Waals surface area contributed by atoms with Gasteiger partial charge in [-0.1, -0.05) is 23.2 Å². The molecule has 2 N–H and O–H groups in total. The van der Waals surface area contributed by atoms with Gasteiger partial charge in [0.25, 0.3) is 11.8 Å². The van der Waals surface area contributed by atoms with Crippen molar-refractivity contribution in [1.29, 1.82) is 0 Å². The van der Waals surface area contributed by atoms with E-state index < -0.39 is 23.6 Å². The molecule has 0 bridgehead atoms. The number of anilines is 2. The number of amides is 2. The van der Waals surface area contributed by atoms with Crippen molar-refractivity contribution in [3.05, 3.63) is 81.7 Å². The highest BCUT2D eigenvalue weighted by Crippen LogP contribution is 2.25. The lowest BCUT2D eigenvalue weighted by Crippen LogP contribution is -2.19. The summed E-state index contributed by atoms with van der Waals surface area (Å²) in [6.45, 7) is 1.12. The van der Waals surface area contributed by atoms with Gasteiger partial charge in [0.2, 0.25) is 0 Å². The van der Waals surface area contributed by atoms with Crippen LogP contribution in [-0.2, 0) is 4.79 Å². The van der Waals surface area contributed by atoms with Crippen molar-refractivity contribution in [3.8, 4) is 5.75 Å². The number of hydrogen-bond donors (Lipinski definition) is 2. The molecule has 3 rings (SSSR count). The first kappa shape index (κ1) is 22.2. The zero-order valence-electron chi connectivity index (χ0n) is 15.9. The number of pyridine rings is 1. The fourth-order valence-corrected chi connectivity index (χ4v) is 2.84. The highest BCUT2D eigenvalue weighted by Gasteiger charge is 2.19. The molecule has 0 saturated heterocycles. The van der Waals surface area contributed by atoms with Gasteiger partial charge in [0.1, 0.15) is 17.4 Å². The van der Waals surface area contributed by atoms with E-state index in [1.165, 1.54) is 30.5 Å². The van der Waals surface area contributed by atoms with Crippen LogP contribution in [0.3, 0.4) is 0 Å². The maximum Gasteiger partial charge on any atom is 0.308 e. The summed E-state index contributed by atoms with van der Waals surface area (Å²) in [5.74, 6) is -2.74. The molecule has 10 heteroatoms. The molecule has 1 heterocycles. The molecule has 0 saturated carbocycles. The number of hydrogen-bond acceptors (Lipinski definition) is 5. The Hall–Kier alpha value is -3.49. The number of rotatable bonds is 5. The van der Waals surface area contributed by atoms with Crippen LogP contribution in [0, 0.1) is 5.82 Å². The maximum absolute atomic E-state index is 13.5. The van der Waals surface area contributed by atoms with E-state index in [4.69, 9.17) is 27.9 Å². The van der Waals surface area contributed by atoms with Crippen LogP contribution < -0.4 is 15.4 Å². The first-order valence-electron chi connectivity index (χ1n) is 8.74. The predicted molar refractivity (Wildman–Crippen MR) is 114 cm³/mol. The minimum atomic E-state index is -0.725. The highest BCUT2D eigenvalue weighted by atomic mass is 35.5. The maximum atomic E-state index is 13.5. The molecular weight excluding hydrogens is 448 g/mol. The average Bonchev–Trinajstić information content (AvgIpc) is 2.70. The van der Waals surface area contributed by atoms with Crippen molar-refractivity contribution in [2.45, 2.75) is 6.92 Å². The minimum Gasteiger partial charge on any atom is -0.426 e. The lowest BCUT2D eigenvalue weighted by atomic mass is 10.1. The number of esters is 1. The number of ether oxygens (including phenoxy) is 1. The van der Waals surface area contributed by atoms with E-state index in [0.29, 0.717) is 5.02 Å². The van der Waals surface area contributed by atoms with Crippen molar-refractivity contribution < 1.29 is 23.5 Å². The van der Waals surface area contributed by atoms with Crippen LogP contribution in [0.5, 0.6) is 5.75 Å². The van der Waals surface area contributed by atoms with Crippen LogP contribution in [0.15, 0.2) is 54.7 Å². The molecular formula is C21H14Cl2FN3O4. The van der Waals surface area contributed by atoms with Gasteiger partial charge in [0.15, 0.2) is 0 Å². The van der Waals surface area contributed by atoms with Crippen molar-refractivity contribution in [2.75, 3.05) is 10.6 Å². The molecule has 3 aromatic rings. The molecule has 0 unspecified atom stereocenters. The van der Waals surface area contributed by atoms with Crippen LogP contribution in [0.2, 0.25) is 10.0 Å². The molecule has 0 aliphatic carbocycles. The molecule has 0 atom stereocenters. The Labute approximate surface area is 186 Å². The summed E-state index contributed by atoms with van der Waals surface area (Å²) in [6, 6.07) is 10.5. The number of aromatic nitrogens is 1. The van der Waals surface area contributed by atoms with Crippen molar-refractivity contribution >= 4 is 52.5 Å². The minimum absolute atomic E-state index is 0.0498. The Morgan fingerprint density at radius 1 is 0.903 bits per heavy atom. The Balaban J connectivity index is 1.89. The quantitative estimate of drug-likeness (QED) is 0.413. The van der Waals surface area contributed by atoms with Crippen molar-refractivity contribution in [1.82, 2.24) is 4.98 Å². The zero-order valence-corrected chi connectivity index (χ0v) is 17.4. The standard InChI is InChI=1S/C21H14Cl2FN3O4/c1-11(28)31-18-9-14(24)4-5-15(18)20(29)26-17-6-2-12(22)8-16(17)21(30)27-19-7-3-13(23)10-25-19/h2-10H,1H3,(H,26,29)(H,25,27,30). The summed E-state index contributed by atoms with van der Waals surface area (Å²) >= 11 is 11.8. The van der Waals surface area contributed by atoms with E-state index in [0.717, 1.165) is 25.1 Å². The topological polar surface area (TPSA) is 97.4 Å². The van der Waals surface area contributed by atoms with E-state index in [2.05, 4.69) is 15.6 Å². The molecule has 0 spiro atoms. The fourth-order valence-electron chi connectivity index (χ4n) is 2.56. The Bertz CT molecular complexity index is 1170. The molecule has 1 aromatic heterocycles. The Morgan fingerprint density at radius 2 is 1.61 bits per heavy atom. The summed E-state index contributed by atoms with van der Waals surface area (Å²) in [7, 11) is 0. The summed E-state index contributed by atoms with van der Waals surface area (Å²) in [5.41, 5.74) is 0.0741. The number of nitrogens with zero attached hydrogens (tertiary/aromatic N) is 1. The lowest BCUT2D eigenvalue weighted by molar-refractivity contribution is -0.131. The van der Waals surface area contributed by atoms with E-state index >= 15 is 0 Å². The first-order valence-corrected chi connectivity index (χ1v) is 9.50.